The quantitative estimate of drug-likeness (QED) is 0.881. The second kappa shape index (κ2) is 5.69. The highest BCUT2D eigenvalue weighted by atomic mass is 79.9. The SMILES string of the molecule is O=C(Nc1c[nH]cc(Br)c1=O)C(C1CC1)N1CCCC1. The Morgan fingerprint density at radius 1 is 1.35 bits per heavy atom. The van der Waals surface area contributed by atoms with Crippen LogP contribution in [0.4, 0.5) is 5.69 Å². The molecule has 3 rings (SSSR count). The molecule has 108 valence electrons. The molecule has 6 heteroatoms. The van der Waals surface area contributed by atoms with Crippen molar-refractivity contribution in [1.29, 1.82) is 0 Å². The molecule has 1 aromatic rings. The monoisotopic (exact) mass is 339 g/mol. The number of aromatic nitrogens is 1. The Morgan fingerprint density at radius 3 is 2.70 bits per heavy atom. The number of hydrogen-bond donors (Lipinski definition) is 2. The van der Waals surface area contributed by atoms with Crippen LogP contribution in [-0.4, -0.2) is 34.9 Å². The van der Waals surface area contributed by atoms with E-state index in [0.29, 0.717) is 16.1 Å². The number of halogens is 1. The molecule has 1 saturated carbocycles. The van der Waals surface area contributed by atoms with Crippen molar-refractivity contribution in [2.24, 2.45) is 5.92 Å². The summed E-state index contributed by atoms with van der Waals surface area (Å²) in [6.45, 7) is 1.98. The molecule has 1 unspecified atom stereocenters. The van der Waals surface area contributed by atoms with Crippen molar-refractivity contribution in [2.75, 3.05) is 18.4 Å². The smallest absolute Gasteiger partial charge is 0.242 e. The van der Waals surface area contributed by atoms with E-state index in [1.807, 2.05) is 0 Å². The van der Waals surface area contributed by atoms with Gasteiger partial charge in [0.05, 0.1) is 10.5 Å². The molecule has 2 fully saturated rings. The summed E-state index contributed by atoms with van der Waals surface area (Å²) in [6, 6.07) is -0.0733. The molecule has 0 spiro atoms. The summed E-state index contributed by atoms with van der Waals surface area (Å²) >= 11 is 3.18. The van der Waals surface area contributed by atoms with Crippen molar-refractivity contribution in [2.45, 2.75) is 31.7 Å². The van der Waals surface area contributed by atoms with Crippen molar-refractivity contribution in [3.05, 3.63) is 27.1 Å². The number of likely N-dealkylation sites (tertiary alicyclic amines) is 1. The van der Waals surface area contributed by atoms with Gasteiger partial charge in [0.25, 0.3) is 0 Å². The third-order valence-electron chi connectivity index (χ3n) is 4.03. The van der Waals surface area contributed by atoms with Crippen LogP contribution in [0.15, 0.2) is 21.7 Å². The average molecular weight is 340 g/mol. The molecule has 20 heavy (non-hydrogen) atoms. The minimum Gasteiger partial charge on any atom is -0.365 e. The van der Waals surface area contributed by atoms with Gasteiger partial charge in [-0.3, -0.25) is 14.5 Å². The lowest BCUT2D eigenvalue weighted by molar-refractivity contribution is -0.121. The molecule has 2 heterocycles. The van der Waals surface area contributed by atoms with Crippen LogP contribution in [0, 0.1) is 5.92 Å². The van der Waals surface area contributed by atoms with Crippen molar-refractivity contribution < 1.29 is 4.79 Å². The first kappa shape index (κ1) is 13.8. The molecular formula is C14H18BrN3O2. The lowest BCUT2D eigenvalue weighted by Crippen LogP contribution is -2.44. The first-order valence-electron chi connectivity index (χ1n) is 7.08. The van der Waals surface area contributed by atoms with Gasteiger partial charge in [-0.05, 0) is 60.6 Å². The molecule has 0 bridgehead atoms. The zero-order valence-electron chi connectivity index (χ0n) is 11.2. The Kier molecular flexibility index (Phi) is 3.94. The van der Waals surface area contributed by atoms with Crippen LogP contribution in [0.5, 0.6) is 0 Å². The largest absolute Gasteiger partial charge is 0.365 e. The summed E-state index contributed by atoms with van der Waals surface area (Å²) in [4.78, 5) is 29.6. The third-order valence-corrected chi connectivity index (χ3v) is 4.62. The summed E-state index contributed by atoms with van der Waals surface area (Å²) in [7, 11) is 0. The number of rotatable bonds is 4. The van der Waals surface area contributed by atoms with Gasteiger partial charge in [0.1, 0.15) is 5.69 Å². The van der Waals surface area contributed by atoms with Crippen molar-refractivity contribution in [3.8, 4) is 0 Å². The van der Waals surface area contributed by atoms with Gasteiger partial charge < -0.3 is 10.3 Å². The third kappa shape index (κ3) is 2.81. The lowest BCUT2D eigenvalue weighted by Gasteiger charge is -2.26. The lowest BCUT2D eigenvalue weighted by atomic mass is 10.1. The molecule has 1 amide bonds. The Labute approximate surface area is 125 Å². The van der Waals surface area contributed by atoms with Gasteiger partial charge in [-0.2, -0.15) is 0 Å². The highest BCUT2D eigenvalue weighted by molar-refractivity contribution is 9.10. The maximum Gasteiger partial charge on any atom is 0.242 e. The van der Waals surface area contributed by atoms with Gasteiger partial charge in [-0.1, -0.05) is 0 Å². The minimum absolute atomic E-state index is 0.0435. The van der Waals surface area contributed by atoms with Crippen LogP contribution in [0.3, 0.4) is 0 Å². The van der Waals surface area contributed by atoms with Crippen LogP contribution in [0.1, 0.15) is 25.7 Å². The summed E-state index contributed by atoms with van der Waals surface area (Å²) in [5.74, 6) is 0.414. The fourth-order valence-corrected chi connectivity index (χ4v) is 3.21. The number of pyridine rings is 1. The highest BCUT2D eigenvalue weighted by Gasteiger charge is 2.41. The predicted molar refractivity (Wildman–Crippen MR) is 80.7 cm³/mol. The summed E-state index contributed by atoms with van der Waals surface area (Å²) in [5, 5.41) is 2.80. The van der Waals surface area contributed by atoms with Crippen LogP contribution >= 0.6 is 15.9 Å². The first-order valence-corrected chi connectivity index (χ1v) is 7.87. The predicted octanol–water partition coefficient (Wildman–Crippen LogP) is 1.95. The minimum atomic E-state index is -0.187. The fraction of sp³-hybridized carbons (Fsp3) is 0.571. The number of aromatic amines is 1. The molecule has 0 radical (unpaired) electrons. The van der Waals surface area contributed by atoms with E-state index in [0.717, 1.165) is 38.8 Å². The van der Waals surface area contributed by atoms with Crippen molar-refractivity contribution in [1.82, 2.24) is 9.88 Å². The number of H-pyrrole nitrogens is 1. The molecule has 1 aromatic heterocycles. The Bertz CT molecular complexity index is 562. The van der Waals surface area contributed by atoms with E-state index in [-0.39, 0.29) is 17.4 Å². The summed E-state index contributed by atoms with van der Waals surface area (Å²) in [5.41, 5.74) is 0.127. The van der Waals surface area contributed by atoms with Crippen LogP contribution in [0.25, 0.3) is 0 Å². The number of anilines is 1. The number of nitrogens with zero attached hydrogens (tertiary/aromatic N) is 1. The van der Waals surface area contributed by atoms with E-state index < -0.39 is 0 Å². The molecule has 2 N–H and O–H groups in total. The average Bonchev–Trinajstić information content (AvgIpc) is 3.10. The van der Waals surface area contributed by atoms with Gasteiger partial charge in [0, 0.05) is 12.4 Å². The van der Waals surface area contributed by atoms with E-state index in [2.05, 4.69) is 31.1 Å². The van der Waals surface area contributed by atoms with Crippen LogP contribution in [-0.2, 0) is 4.79 Å². The molecule has 1 atom stereocenters. The number of hydrogen-bond acceptors (Lipinski definition) is 3. The van der Waals surface area contributed by atoms with E-state index in [9.17, 15) is 9.59 Å². The summed E-state index contributed by atoms with van der Waals surface area (Å²) in [6.07, 6.45) is 7.66. The number of carbonyl (C=O) groups is 1. The number of amides is 1. The Morgan fingerprint density at radius 2 is 2.05 bits per heavy atom. The van der Waals surface area contributed by atoms with Crippen LogP contribution < -0.4 is 10.7 Å². The zero-order valence-corrected chi connectivity index (χ0v) is 12.8. The highest BCUT2D eigenvalue weighted by Crippen LogP contribution is 2.37. The van der Waals surface area contributed by atoms with Gasteiger partial charge in [0.2, 0.25) is 11.3 Å². The Balaban J connectivity index is 1.76. The molecule has 0 aromatic carbocycles. The zero-order chi connectivity index (χ0) is 14.1. The van der Waals surface area contributed by atoms with E-state index in [1.165, 1.54) is 0 Å². The van der Waals surface area contributed by atoms with E-state index >= 15 is 0 Å². The van der Waals surface area contributed by atoms with Gasteiger partial charge in [-0.25, -0.2) is 0 Å². The molecule has 1 aliphatic heterocycles. The van der Waals surface area contributed by atoms with Gasteiger partial charge >= 0.3 is 0 Å². The number of nitrogens with one attached hydrogen (secondary N) is 2. The second-order valence-corrected chi connectivity index (χ2v) is 6.42. The molecule has 2 aliphatic rings. The topological polar surface area (TPSA) is 65.2 Å². The van der Waals surface area contributed by atoms with Gasteiger partial charge in [-0.15, -0.1) is 0 Å². The molecule has 1 saturated heterocycles. The molecule has 5 nitrogen and oxygen atoms in total. The standard InChI is InChI=1S/C14H18BrN3O2/c15-10-7-16-8-11(13(10)19)17-14(20)12(9-3-4-9)18-5-1-2-6-18/h7-9,12H,1-6H2,(H,16,19)(H,17,20). The van der Waals surface area contributed by atoms with Gasteiger partial charge in [0.15, 0.2) is 0 Å². The Hall–Kier alpha value is -1.14. The van der Waals surface area contributed by atoms with Crippen molar-refractivity contribution >= 4 is 27.5 Å². The normalized spacial score (nSPS) is 20.9. The fourth-order valence-electron chi connectivity index (χ4n) is 2.87. The number of carbonyl (C=O) groups excluding carboxylic acids is 1. The maximum atomic E-state index is 12.5. The summed E-state index contributed by atoms with van der Waals surface area (Å²) < 4.78 is 0.430. The maximum absolute atomic E-state index is 12.5. The van der Waals surface area contributed by atoms with Crippen molar-refractivity contribution in [3.63, 3.8) is 0 Å². The second-order valence-electron chi connectivity index (χ2n) is 5.56. The molecular weight excluding hydrogens is 322 g/mol. The van der Waals surface area contributed by atoms with E-state index in [4.69, 9.17) is 0 Å². The molecule has 1 aliphatic carbocycles. The first-order chi connectivity index (χ1) is 9.66. The van der Waals surface area contributed by atoms with Crippen LogP contribution in [0.2, 0.25) is 0 Å². The van der Waals surface area contributed by atoms with E-state index in [1.54, 1.807) is 12.4 Å².